The average Bonchev–Trinajstić information content (AvgIpc) is 2.68. The molecular formula is C11H12S3Si. The summed E-state index contributed by atoms with van der Waals surface area (Å²) >= 11 is 5.86. The second kappa shape index (κ2) is 3.17. The fraction of sp³-hybridized carbons (Fsp3) is 0.273. The molecule has 0 amide bonds. The molecule has 3 rings (SSSR count). The maximum atomic E-state index is 2.43. The highest BCUT2D eigenvalue weighted by Gasteiger charge is 2.21. The summed E-state index contributed by atoms with van der Waals surface area (Å²) < 4.78 is 7.63. The quantitative estimate of drug-likeness (QED) is 0.560. The monoisotopic (exact) mass is 268 g/mol. The number of thiophene rings is 3. The highest BCUT2D eigenvalue weighted by Crippen LogP contribution is 2.40. The van der Waals surface area contributed by atoms with E-state index in [1.807, 2.05) is 34.0 Å². The van der Waals surface area contributed by atoms with Crippen LogP contribution in [0.15, 0.2) is 17.5 Å². The van der Waals surface area contributed by atoms with Gasteiger partial charge in [-0.3, -0.25) is 0 Å². The van der Waals surface area contributed by atoms with E-state index in [1.54, 1.807) is 4.50 Å². The average molecular weight is 269 g/mol. The van der Waals surface area contributed by atoms with E-state index in [1.165, 1.54) is 18.8 Å². The van der Waals surface area contributed by atoms with Gasteiger partial charge in [-0.05, 0) is 22.0 Å². The Bertz CT molecular complexity index is 621. The predicted octanol–water partition coefficient (Wildman–Crippen LogP) is 4.72. The van der Waals surface area contributed by atoms with E-state index in [0.29, 0.717) is 0 Å². The minimum Gasteiger partial charge on any atom is -0.143 e. The lowest BCUT2D eigenvalue weighted by atomic mass is 10.5. The SMILES string of the molecule is C[Si](C)(C)c1cc2sc3ccsc3c2s1. The Hall–Kier alpha value is -0.163. The third-order valence-electron chi connectivity index (χ3n) is 2.49. The molecule has 0 aliphatic carbocycles. The van der Waals surface area contributed by atoms with Gasteiger partial charge in [-0.1, -0.05) is 19.6 Å². The van der Waals surface area contributed by atoms with Crippen LogP contribution in [0.1, 0.15) is 0 Å². The first-order valence-corrected chi connectivity index (χ1v) is 11.0. The lowest BCUT2D eigenvalue weighted by Crippen LogP contribution is -2.34. The van der Waals surface area contributed by atoms with Crippen molar-refractivity contribution in [2.24, 2.45) is 0 Å². The topological polar surface area (TPSA) is 0 Å². The van der Waals surface area contributed by atoms with Crippen LogP contribution in [0, 0.1) is 0 Å². The van der Waals surface area contributed by atoms with Crippen LogP contribution in [0.2, 0.25) is 19.6 Å². The third-order valence-corrected chi connectivity index (χ3v) is 9.65. The van der Waals surface area contributed by atoms with Crippen molar-refractivity contribution in [1.82, 2.24) is 0 Å². The first-order valence-electron chi connectivity index (χ1n) is 4.96. The Kier molecular flexibility index (Phi) is 2.11. The molecule has 0 unspecified atom stereocenters. The lowest BCUT2D eigenvalue weighted by Gasteiger charge is -2.11. The molecule has 3 aromatic heterocycles. The van der Waals surface area contributed by atoms with Gasteiger partial charge in [0.15, 0.2) is 0 Å². The van der Waals surface area contributed by atoms with Gasteiger partial charge in [-0.2, -0.15) is 0 Å². The number of hydrogen-bond donors (Lipinski definition) is 0. The minimum absolute atomic E-state index is 1.12. The van der Waals surface area contributed by atoms with Crippen molar-refractivity contribution >= 4 is 65.4 Å². The van der Waals surface area contributed by atoms with Crippen molar-refractivity contribution < 1.29 is 0 Å². The zero-order valence-corrected chi connectivity index (χ0v) is 12.4. The largest absolute Gasteiger partial charge is 0.143 e. The number of hydrogen-bond acceptors (Lipinski definition) is 3. The Balaban J connectivity index is 2.34. The van der Waals surface area contributed by atoms with E-state index < -0.39 is 8.07 Å². The van der Waals surface area contributed by atoms with E-state index in [-0.39, 0.29) is 0 Å². The summed E-state index contributed by atoms with van der Waals surface area (Å²) in [5, 5.41) is 2.20. The molecule has 0 fully saturated rings. The summed E-state index contributed by atoms with van der Waals surface area (Å²) in [5.41, 5.74) is 0. The summed E-state index contributed by atoms with van der Waals surface area (Å²) in [7, 11) is -1.12. The molecule has 0 radical (unpaired) electrons. The van der Waals surface area contributed by atoms with Gasteiger partial charge in [0.2, 0.25) is 0 Å². The summed E-state index contributed by atoms with van der Waals surface area (Å²) in [4.78, 5) is 0. The number of fused-ring (bicyclic) bond motifs is 3. The van der Waals surface area contributed by atoms with Crippen LogP contribution in [0.4, 0.5) is 0 Å². The molecule has 0 spiro atoms. The van der Waals surface area contributed by atoms with Crippen LogP contribution in [-0.2, 0) is 0 Å². The molecule has 0 atom stereocenters. The lowest BCUT2D eigenvalue weighted by molar-refractivity contribution is 1.79. The highest BCUT2D eigenvalue weighted by atomic mass is 32.1. The van der Waals surface area contributed by atoms with Crippen LogP contribution in [0.5, 0.6) is 0 Å². The fourth-order valence-corrected chi connectivity index (χ4v) is 7.37. The summed E-state index contributed by atoms with van der Waals surface area (Å²) in [6, 6.07) is 4.68. The molecule has 4 heteroatoms. The second-order valence-corrected chi connectivity index (χ2v) is 13.2. The maximum Gasteiger partial charge on any atom is 0.0904 e. The summed E-state index contributed by atoms with van der Waals surface area (Å²) in [5.74, 6) is 0. The van der Waals surface area contributed by atoms with Crippen LogP contribution in [-0.4, -0.2) is 8.07 Å². The van der Waals surface area contributed by atoms with Crippen LogP contribution < -0.4 is 4.50 Å². The zero-order chi connectivity index (χ0) is 10.6. The van der Waals surface area contributed by atoms with Gasteiger partial charge < -0.3 is 0 Å². The van der Waals surface area contributed by atoms with Crippen LogP contribution >= 0.6 is 34.0 Å². The van der Waals surface area contributed by atoms with Gasteiger partial charge in [0.25, 0.3) is 0 Å². The first-order chi connectivity index (χ1) is 7.05. The maximum absolute atomic E-state index is 2.43. The van der Waals surface area contributed by atoms with Gasteiger partial charge in [0, 0.05) is 9.40 Å². The molecule has 78 valence electrons. The van der Waals surface area contributed by atoms with Gasteiger partial charge >= 0.3 is 0 Å². The Morgan fingerprint density at radius 2 is 1.80 bits per heavy atom. The van der Waals surface area contributed by atoms with E-state index in [2.05, 4.69) is 37.2 Å². The predicted molar refractivity (Wildman–Crippen MR) is 78.1 cm³/mol. The van der Waals surface area contributed by atoms with Crippen molar-refractivity contribution in [1.29, 1.82) is 0 Å². The molecule has 0 saturated carbocycles. The van der Waals surface area contributed by atoms with Crippen molar-refractivity contribution in [2.75, 3.05) is 0 Å². The molecule has 15 heavy (non-hydrogen) atoms. The summed E-state index contributed by atoms with van der Waals surface area (Å²) in [6.45, 7) is 7.27. The molecule has 0 saturated heterocycles. The van der Waals surface area contributed by atoms with Gasteiger partial charge in [-0.25, -0.2) is 0 Å². The van der Waals surface area contributed by atoms with Gasteiger partial charge in [0.05, 0.1) is 17.5 Å². The highest BCUT2D eigenvalue weighted by molar-refractivity contribution is 7.41. The van der Waals surface area contributed by atoms with Gasteiger partial charge in [-0.15, -0.1) is 34.0 Å². The Morgan fingerprint density at radius 3 is 2.53 bits per heavy atom. The third kappa shape index (κ3) is 1.51. The molecular weight excluding hydrogens is 256 g/mol. The molecule has 0 aliphatic rings. The standard InChI is InChI=1S/C11H12S3Si/c1-15(2,3)9-6-8-11(14-9)10-7(13-8)4-5-12-10/h4-6H,1-3H3. The van der Waals surface area contributed by atoms with Crippen LogP contribution in [0.3, 0.4) is 0 Å². The van der Waals surface area contributed by atoms with Crippen molar-refractivity contribution in [2.45, 2.75) is 19.6 Å². The fourth-order valence-electron chi connectivity index (χ4n) is 1.64. The van der Waals surface area contributed by atoms with Crippen LogP contribution in [0.25, 0.3) is 18.8 Å². The normalized spacial score (nSPS) is 13.0. The van der Waals surface area contributed by atoms with E-state index >= 15 is 0 Å². The van der Waals surface area contributed by atoms with Crippen molar-refractivity contribution in [3.63, 3.8) is 0 Å². The van der Waals surface area contributed by atoms with Gasteiger partial charge in [0.1, 0.15) is 0 Å². The number of rotatable bonds is 1. The van der Waals surface area contributed by atoms with E-state index in [9.17, 15) is 0 Å². The van der Waals surface area contributed by atoms with Crippen molar-refractivity contribution in [3.8, 4) is 0 Å². The van der Waals surface area contributed by atoms with E-state index in [0.717, 1.165) is 0 Å². The first kappa shape index (κ1) is 10.0. The molecule has 0 nitrogen and oxygen atoms in total. The van der Waals surface area contributed by atoms with Crippen molar-refractivity contribution in [3.05, 3.63) is 17.5 Å². The molecule has 0 N–H and O–H groups in total. The molecule has 3 heterocycles. The molecule has 3 aromatic rings. The smallest absolute Gasteiger partial charge is 0.0904 e. The molecule has 0 aromatic carbocycles. The minimum atomic E-state index is -1.12. The van der Waals surface area contributed by atoms with E-state index in [4.69, 9.17) is 0 Å². The zero-order valence-electron chi connectivity index (χ0n) is 8.96. The molecule has 0 aliphatic heterocycles. The molecule has 0 bridgehead atoms. The second-order valence-electron chi connectivity index (χ2n) is 4.77. The Labute approximate surface area is 102 Å². The Morgan fingerprint density at radius 1 is 1.00 bits per heavy atom. The summed E-state index contributed by atoms with van der Waals surface area (Å²) in [6.07, 6.45) is 0.